The van der Waals surface area contributed by atoms with Crippen LogP contribution >= 0.6 is 0 Å². The van der Waals surface area contributed by atoms with Gasteiger partial charge < -0.3 is 15.4 Å². The highest BCUT2D eigenvalue weighted by Gasteiger charge is 2.27. The number of hydrogen-bond acceptors (Lipinski definition) is 3. The average Bonchev–Trinajstić information content (AvgIpc) is 2.76. The van der Waals surface area contributed by atoms with E-state index in [1.807, 2.05) is 4.90 Å². The van der Waals surface area contributed by atoms with Gasteiger partial charge in [0.1, 0.15) is 6.10 Å². The van der Waals surface area contributed by atoms with Crippen LogP contribution in [0.4, 0.5) is 0 Å². The molecule has 2 N–H and O–H groups in total. The molecular formula is C11H22N2O2. The van der Waals surface area contributed by atoms with Crippen molar-refractivity contribution in [3.05, 3.63) is 0 Å². The van der Waals surface area contributed by atoms with Crippen molar-refractivity contribution < 1.29 is 9.53 Å². The van der Waals surface area contributed by atoms with Gasteiger partial charge in [-0.15, -0.1) is 0 Å². The quantitative estimate of drug-likeness (QED) is 0.710. The first-order chi connectivity index (χ1) is 7.29. The van der Waals surface area contributed by atoms with Crippen LogP contribution in [0.15, 0.2) is 0 Å². The second kappa shape index (κ2) is 6.80. The molecule has 0 saturated carbocycles. The van der Waals surface area contributed by atoms with Gasteiger partial charge >= 0.3 is 0 Å². The fourth-order valence-corrected chi connectivity index (χ4v) is 1.81. The molecule has 0 aliphatic carbocycles. The summed E-state index contributed by atoms with van der Waals surface area (Å²) >= 11 is 0. The topological polar surface area (TPSA) is 55.6 Å². The minimum Gasteiger partial charge on any atom is -0.368 e. The van der Waals surface area contributed by atoms with E-state index in [1.54, 1.807) is 0 Å². The number of amides is 1. The normalized spacial score (nSPS) is 20.5. The Labute approximate surface area is 91.8 Å². The van der Waals surface area contributed by atoms with Crippen molar-refractivity contribution in [3.63, 3.8) is 0 Å². The molecule has 1 saturated heterocycles. The van der Waals surface area contributed by atoms with Crippen LogP contribution in [0.2, 0.25) is 0 Å². The van der Waals surface area contributed by atoms with Crippen LogP contribution in [0.25, 0.3) is 0 Å². The highest BCUT2D eigenvalue weighted by Crippen LogP contribution is 2.14. The van der Waals surface area contributed by atoms with Crippen LogP contribution in [0.1, 0.15) is 32.6 Å². The van der Waals surface area contributed by atoms with Crippen molar-refractivity contribution in [1.82, 2.24) is 4.90 Å². The van der Waals surface area contributed by atoms with E-state index in [2.05, 4.69) is 6.92 Å². The molecule has 1 aliphatic rings. The van der Waals surface area contributed by atoms with Gasteiger partial charge in [0.05, 0.1) is 0 Å². The standard InChI is InChI=1S/C11H22N2O2/c1-2-3-7-13(8-6-12)11(14)10-5-4-9-15-10/h10H,2-9,12H2,1H3. The summed E-state index contributed by atoms with van der Waals surface area (Å²) in [6.45, 7) is 4.84. The van der Waals surface area contributed by atoms with E-state index in [0.717, 1.165) is 38.8 Å². The molecule has 0 spiro atoms. The SMILES string of the molecule is CCCCN(CCN)C(=O)C1CCCO1. The average molecular weight is 214 g/mol. The number of hydrogen-bond donors (Lipinski definition) is 1. The molecule has 4 heteroatoms. The second-order valence-corrected chi connectivity index (χ2v) is 3.97. The second-order valence-electron chi connectivity index (χ2n) is 3.97. The molecule has 1 atom stereocenters. The van der Waals surface area contributed by atoms with Gasteiger partial charge in [0.2, 0.25) is 0 Å². The van der Waals surface area contributed by atoms with Gasteiger partial charge in [0.25, 0.3) is 5.91 Å². The number of nitrogens with zero attached hydrogens (tertiary/aromatic N) is 1. The lowest BCUT2D eigenvalue weighted by Crippen LogP contribution is -2.42. The summed E-state index contributed by atoms with van der Waals surface area (Å²) in [7, 11) is 0. The van der Waals surface area contributed by atoms with E-state index >= 15 is 0 Å². The number of nitrogens with two attached hydrogens (primary N) is 1. The van der Waals surface area contributed by atoms with Crippen LogP contribution < -0.4 is 5.73 Å². The molecule has 1 aliphatic heterocycles. The predicted octanol–water partition coefficient (Wildman–Crippen LogP) is 0.753. The summed E-state index contributed by atoms with van der Waals surface area (Å²) in [5.41, 5.74) is 5.50. The Kier molecular flexibility index (Phi) is 5.65. The number of carbonyl (C=O) groups excluding carboxylic acids is 1. The van der Waals surface area contributed by atoms with E-state index in [1.165, 1.54) is 0 Å². The fraction of sp³-hybridized carbons (Fsp3) is 0.909. The lowest BCUT2D eigenvalue weighted by Gasteiger charge is -2.24. The summed E-state index contributed by atoms with van der Waals surface area (Å²) in [6, 6.07) is 0. The lowest BCUT2D eigenvalue weighted by molar-refractivity contribution is -0.140. The van der Waals surface area contributed by atoms with Crippen LogP contribution in [0.3, 0.4) is 0 Å². The molecule has 0 radical (unpaired) electrons. The largest absolute Gasteiger partial charge is 0.368 e. The van der Waals surface area contributed by atoms with Gasteiger partial charge in [0, 0.05) is 26.2 Å². The van der Waals surface area contributed by atoms with Gasteiger partial charge in [-0.25, -0.2) is 0 Å². The monoisotopic (exact) mass is 214 g/mol. The highest BCUT2D eigenvalue weighted by atomic mass is 16.5. The van der Waals surface area contributed by atoms with Crippen molar-refractivity contribution in [2.24, 2.45) is 5.73 Å². The van der Waals surface area contributed by atoms with Crippen molar-refractivity contribution in [3.8, 4) is 0 Å². The van der Waals surface area contributed by atoms with E-state index < -0.39 is 0 Å². The molecule has 1 rings (SSSR count). The Morgan fingerprint density at radius 2 is 2.33 bits per heavy atom. The maximum atomic E-state index is 12.0. The van der Waals surface area contributed by atoms with Crippen LogP contribution in [-0.2, 0) is 9.53 Å². The van der Waals surface area contributed by atoms with E-state index in [0.29, 0.717) is 13.1 Å². The van der Waals surface area contributed by atoms with Crippen molar-refractivity contribution >= 4 is 5.91 Å². The third kappa shape index (κ3) is 3.80. The summed E-state index contributed by atoms with van der Waals surface area (Å²) in [4.78, 5) is 13.8. The molecule has 88 valence electrons. The summed E-state index contributed by atoms with van der Waals surface area (Å²) < 4.78 is 5.39. The summed E-state index contributed by atoms with van der Waals surface area (Å²) in [6.07, 6.45) is 3.80. The zero-order valence-electron chi connectivity index (χ0n) is 9.58. The number of unbranched alkanes of at least 4 members (excludes halogenated alkanes) is 1. The summed E-state index contributed by atoms with van der Waals surface area (Å²) in [5, 5.41) is 0. The maximum absolute atomic E-state index is 12.0. The molecule has 0 aromatic heterocycles. The Morgan fingerprint density at radius 1 is 1.53 bits per heavy atom. The smallest absolute Gasteiger partial charge is 0.251 e. The molecule has 0 aromatic carbocycles. The van der Waals surface area contributed by atoms with Crippen molar-refractivity contribution in [1.29, 1.82) is 0 Å². The van der Waals surface area contributed by atoms with E-state index in [4.69, 9.17) is 10.5 Å². The first kappa shape index (κ1) is 12.5. The number of carbonyl (C=O) groups is 1. The lowest BCUT2D eigenvalue weighted by atomic mass is 10.2. The van der Waals surface area contributed by atoms with Gasteiger partial charge in [-0.05, 0) is 19.3 Å². The molecule has 1 unspecified atom stereocenters. The van der Waals surface area contributed by atoms with Crippen LogP contribution in [0, 0.1) is 0 Å². The molecule has 1 heterocycles. The van der Waals surface area contributed by atoms with Crippen LogP contribution in [-0.4, -0.2) is 43.2 Å². The molecule has 4 nitrogen and oxygen atoms in total. The van der Waals surface area contributed by atoms with Gasteiger partial charge in [0.15, 0.2) is 0 Å². The van der Waals surface area contributed by atoms with Gasteiger partial charge in [-0.1, -0.05) is 13.3 Å². The predicted molar refractivity (Wildman–Crippen MR) is 59.5 cm³/mol. The van der Waals surface area contributed by atoms with E-state index in [-0.39, 0.29) is 12.0 Å². The first-order valence-corrected chi connectivity index (χ1v) is 5.90. The molecule has 1 amide bonds. The third-order valence-electron chi connectivity index (χ3n) is 2.70. The fourth-order valence-electron chi connectivity index (χ4n) is 1.81. The molecule has 15 heavy (non-hydrogen) atoms. The van der Waals surface area contributed by atoms with Gasteiger partial charge in [-0.3, -0.25) is 4.79 Å². The van der Waals surface area contributed by atoms with Crippen LogP contribution in [0.5, 0.6) is 0 Å². The summed E-state index contributed by atoms with van der Waals surface area (Å²) in [5.74, 6) is 0.131. The molecule has 0 aromatic rings. The maximum Gasteiger partial charge on any atom is 0.251 e. The highest BCUT2D eigenvalue weighted by molar-refractivity contribution is 5.81. The van der Waals surface area contributed by atoms with Gasteiger partial charge in [-0.2, -0.15) is 0 Å². The Hall–Kier alpha value is -0.610. The first-order valence-electron chi connectivity index (χ1n) is 5.90. The zero-order chi connectivity index (χ0) is 11.1. The minimum absolute atomic E-state index is 0.131. The Balaban J connectivity index is 2.41. The molecule has 0 bridgehead atoms. The number of rotatable bonds is 6. The number of ether oxygens (including phenoxy) is 1. The third-order valence-corrected chi connectivity index (χ3v) is 2.70. The minimum atomic E-state index is -0.201. The van der Waals surface area contributed by atoms with E-state index in [9.17, 15) is 4.79 Å². The Bertz CT molecular complexity index is 191. The molecular weight excluding hydrogens is 192 g/mol. The van der Waals surface area contributed by atoms with Crippen molar-refractivity contribution in [2.45, 2.75) is 38.7 Å². The Morgan fingerprint density at radius 3 is 2.87 bits per heavy atom. The van der Waals surface area contributed by atoms with Crippen molar-refractivity contribution in [2.75, 3.05) is 26.2 Å². The molecule has 1 fully saturated rings. The zero-order valence-corrected chi connectivity index (χ0v) is 9.58.